The Morgan fingerprint density at radius 2 is 1.12 bits per heavy atom. The van der Waals surface area contributed by atoms with Crippen LogP contribution in [0, 0.1) is 0 Å². The number of pyridine rings is 1. The van der Waals surface area contributed by atoms with Crippen LogP contribution in [0.1, 0.15) is 11.4 Å². The number of hydrogen-bond donors (Lipinski definition) is 1. The van der Waals surface area contributed by atoms with Crippen molar-refractivity contribution in [1.82, 2.24) is 4.98 Å². The number of aromatic nitrogens is 1. The number of halogens is 8. The van der Waals surface area contributed by atoms with E-state index in [1.807, 2.05) is 0 Å². The first-order chi connectivity index (χ1) is 7.46. The van der Waals surface area contributed by atoms with Crippen LogP contribution in [0.2, 0.25) is 10.0 Å². The normalized spacial score (nSPS) is 12.9. The summed E-state index contributed by atoms with van der Waals surface area (Å²) in [6.45, 7) is 0. The molecule has 1 N–H and O–H groups in total. The molecule has 0 saturated carbocycles. The first-order valence-electron chi connectivity index (χ1n) is 3.72. The molecule has 1 rings (SSSR count). The molecule has 0 spiro atoms. The highest BCUT2D eigenvalue weighted by Crippen LogP contribution is 2.37. The van der Waals surface area contributed by atoms with E-state index in [-0.39, 0.29) is 0 Å². The van der Waals surface area contributed by atoms with Crippen LogP contribution < -0.4 is 5.43 Å². The molecule has 0 aliphatic heterocycles. The third kappa shape index (κ3) is 2.68. The fourth-order valence-corrected chi connectivity index (χ4v) is 1.49. The number of H-pyrrole nitrogens is 1. The van der Waals surface area contributed by atoms with Crippen LogP contribution in [0.3, 0.4) is 0 Å². The second-order valence-corrected chi connectivity index (χ2v) is 3.58. The Morgan fingerprint density at radius 1 is 0.824 bits per heavy atom. The van der Waals surface area contributed by atoms with Crippen molar-refractivity contribution in [2.45, 2.75) is 12.4 Å². The minimum atomic E-state index is -5.22. The van der Waals surface area contributed by atoms with E-state index in [1.165, 1.54) is 0 Å². The third-order valence-electron chi connectivity index (χ3n) is 1.65. The van der Waals surface area contributed by atoms with Gasteiger partial charge in [0.1, 0.15) is 21.4 Å². The minimum absolute atomic E-state index is 0.988. The van der Waals surface area contributed by atoms with E-state index < -0.39 is 39.2 Å². The molecule has 0 radical (unpaired) electrons. The van der Waals surface area contributed by atoms with Crippen LogP contribution in [0.5, 0.6) is 0 Å². The van der Waals surface area contributed by atoms with E-state index >= 15 is 0 Å². The van der Waals surface area contributed by atoms with Crippen LogP contribution in [-0.4, -0.2) is 4.98 Å². The Morgan fingerprint density at radius 3 is 1.35 bits per heavy atom. The Balaban J connectivity index is 3.69. The number of aromatic amines is 1. The van der Waals surface area contributed by atoms with Gasteiger partial charge in [0, 0.05) is 0 Å². The summed E-state index contributed by atoms with van der Waals surface area (Å²) in [6.07, 6.45) is -10.4. The Hall–Kier alpha value is -0.890. The smallest absolute Gasteiger partial charge is 0.345 e. The van der Waals surface area contributed by atoms with Gasteiger partial charge in [0.25, 0.3) is 0 Å². The second-order valence-electron chi connectivity index (χ2n) is 2.83. The molecule has 96 valence electrons. The van der Waals surface area contributed by atoms with Crippen molar-refractivity contribution in [3.63, 3.8) is 0 Å². The first-order valence-corrected chi connectivity index (χ1v) is 4.47. The SMILES string of the molecule is O=c1c(Cl)c(C(F)(F)F)[nH]c(C(F)(F)F)c1Cl. The number of hydrogen-bond acceptors (Lipinski definition) is 1. The molecule has 0 saturated heterocycles. The van der Waals surface area contributed by atoms with Crippen molar-refractivity contribution >= 4 is 23.2 Å². The fourth-order valence-electron chi connectivity index (χ4n) is 0.949. The number of rotatable bonds is 0. The van der Waals surface area contributed by atoms with E-state index in [0.29, 0.717) is 0 Å². The summed E-state index contributed by atoms with van der Waals surface area (Å²) in [5.41, 5.74) is -5.70. The molecule has 0 fully saturated rings. The maximum absolute atomic E-state index is 12.3. The molecule has 0 amide bonds. The summed E-state index contributed by atoms with van der Waals surface area (Å²) in [5.74, 6) is 0. The molecule has 2 nitrogen and oxygen atoms in total. The lowest BCUT2D eigenvalue weighted by atomic mass is 10.2. The number of nitrogens with one attached hydrogen (secondary N) is 1. The second kappa shape index (κ2) is 4.09. The zero-order valence-electron chi connectivity index (χ0n) is 7.43. The van der Waals surface area contributed by atoms with Crippen LogP contribution in [-0.2, 0) is 12.4 Å². The Bertz CT molecular complexity index is 462. The lowest BCUT2D eigenvalue weighted by molar-refractivity contribution is -0.150. The van der Waals surface area contributed by atoms with E-state index in [0.717, 1.165) is 4.98 Å². The van der Waals surface area contributed by atoms with Crippen molar-refractivity contribution in [3.8, 4) is 0 Å². The van der Waals surface area contributed by atoms with Crippen LogP contribution in [0.15, 0.2) is 4.79 Å². The average molecular weight is 300 g/mol. The summed E-state index contributed by atoms with van der Waals surface area (Å²) in [6, 6.07) is 0. The molecule has 0 bridgehead atoms. The molecule has 0 aliphatic rings. The van der Waals surface area contributed by atoms with E-state index in [9.17, 15) is 31.1 Å². The molecule has 1 aromatic heterocycles. The summed E-state index contributed by atoms with van der Waals surface area (Å²) < 4.78 is 73.6. The predicted octanol–water partition coefficient (Wildman–Crippen LogP) is 3.72. The summed E-state index contributed by atoms with van der Waals surface area (Å²) >= 11 is 9.98. The van der Waals surface area contributed by atoms with Gasteiger partial charge in [-0.2, -0.15) is 26.3 Å². The van der Waals surface area contributed by atoms with Crippen molar-refractivity contribution in [1.29, 1.82) is 0 Å². The van der Waals surface area contributed by atoms with Gasteiger partial charge in [-0.05, 0) is 0 Å². The molecule has 0 aliphatic carbocycles. The molecule has 1 heterocycles. The highest BCUT2D eigenvalue weighted by atomic mass is 35.5. The minimum Gasteiger partial charge on any atom is -0.345 e. The standard InChI is InChI=1S/C7HCl2F6NO/c8-1-3(17)2(9)5(7(13,14)15)16-4(1)6(10,11)12/h(H,16,17). The topological polar surface area (TPSA) is 32.9 Å². The quantitative estimate of drug-likeness (QED) is 0.728. The molecular formula is C7HCl2F6NO. The van der Waals surface area contributed by atoms with Gasteiger partial charge in [0.2, 0.25) is 5.43 Å². The molecule has 17 heavy (non-hydrogen) atoms. The Labute approximate surface area is 99.1 Å². The van der Waals surface area contributed by atoms with Crippen molar-refractivity contribution in [3.05, 3.63) is 31.7 Å². The maximum atomic E-state index is 12.3. The van der Waals surface area contributed by atoms with Crippen molar-refractivity contribution in [2.75, 3.05) is 0 Å². The molecule has 10 heteroatoms. The molecule has 0 atom stereocenters. The Kier molecular flexibility index (Phi) is 3.41. The highest BCUT2D eigenvalue weighted by Gasteiger charge is 2.42. The van der Waals surface area contributed by atoms with Crippen LogP contribution in [0.4, 0.5) is 26.3 Å². The molecule has 1 aromatic rings. The van der Waals surface area contributed by atoms with Gasteiger partial charge in [-0.3, -0.25) is 4.79 Å². The van der Waals surface area contributed by atoms with E-state index in [1.54, 1.807) is 0 Å². The lowest BCUT2D eigenvalue weighted by Crippen LogP contribution is -2.22. The van der Waals surface area contributed by atoms with E-state index in [4.69, 9.17) is 23.2 Å². The zero-order valence-corrected chi connectivity index (χ0v) is 8.94. The summed E-state index contributed by atoms with van der Waals surface area (Å²) in [4.78, 5) is 12.0. The van der Waals surface area contributed by atoms with E-state index in [2.05, 4.69) is 0 Å². The van der Waals surface area contributed by atoms with Crippen molar-refractivity contribution < 1.29 is 26.3 Å². The van der Waals surface area contributed by atoms with Gasteiger partial charge in [0.05, 0.1) is 0 Å². The largest absolute Gasteiger partial charge is 0.432 e. The van der Waals surface area contributed by atoms with Gasteiger partial charge in [0.15, 0.2) is 0 Å². The van der Waals surface area contributed by atoms with Gasteiger partial charge in [-0.1, -0.05) is 23.2 Å². The molecule has 0 unspecified atom stereocenters. The van der Waals surface area contributed by atoms with Gasteiger partial charge in [-0.25, -0.2) is 0 Å². The lowest BCUT2D eigenvalue weighted by Gasteiger charge is -2.14. The predicted molar refractivity (Wildman–Crippen MR) is 47.1 cm³/mol. The zero-order chi connectivity index (χ0) is 13.6. The number of alkyl halides is 6. The average Bonchev–Trinajstić information content (AvgIpc) is 2.10. The highest BCUT2D eigenvalue weighted by molar-refractivity contribution is 6.35. The monoisotopic (exact) mass is 299 g/mol. The van der Waals surface area contributed by atoms with Gasteiger partial charge in [-0.15, -0.1) is 0 Å². The van der Waals surface area contributed by atoms with Gasteiger partial charge < -0.3 is 4.98 Å². The van der Waals surface area contributed by atoms with Crippen LogP contribution >= 0.6 is 23.2 Å². The van der Waals surface area contributed by atoms with Crippen LogP contribution in [0.25, 0.3) is 0 Å². The van der Waals surface area contributed by atoms with Gasteiger partial charge >= 0.3 is 12.4 Å². The van der Waals surface area contributed by atoms with Crippen molar-refractivity contribution in [2.24, 2.45) is 0 Å². The summed E-state index contributed by atoms with van der Waals surface area (Å²) in [5, 5.41) is -2.87. The maximum Gasteiger partial charge on any atom is 0.432 e. The molecular weight excluding hydrogens is 299 g/mol. The third-order valence-corrected chi connectivity index (χ3v) is 2.38. The first kappa shape index (κ1) is 14.2. The molecule has 0 aromatic carbocycles. The fraction of sp³-hybridized carbons (Fsp3) is 0.286. The summed E-state index contributed by atoms with van der Waals surface area (Å²) in [7, 11) is 0.